The minimum absolute atomic E-state index is 0.640. The summed E-state index contributed by atoms with van der Waals surface area (Å²) in [5.74, 6) is 0.810. The Bertz CT molecular complexity index is 322. The third-order valence-electron chi connectivity index (χ3n) is 3.21. The molecule has 0 amide bonds. The largest absolute Gasteiger partial charge is 0.371 e. The van der Waals surface area contributed by atoms with Crippen molar-refractivity contribution in [1.29, 1.82) is 0 Å². The standard InChI is InChI=1S/C13H20N2/c1-11-5-4-8-15(10-11)13-7-3-2-6-12(13)9-14/h2-3,6-7,11H,4-5,8-10,14H2,1H3/t11-/m0/s1. The topological polar surface area (TPSA) is 29.3 Å². The predicted octanol–water partition coefficient (Wildman–Crippen LogP) is 2.38. The molecule has 0 unspecified atom stereocenters. The second kappa shape index (κ2) is 4.67. The Hall–Kier alpha value is -1.02. The molecule has 1 atom stereocenters. The van der Waals surface area contributed by atoms with E-state index in [1.54, 1.807) is 0 Å². The van der Waals surface area contributed by atoms with Gasteiger partial charge in [-0.05, 0) is 30.4 Å². The minimum atomic E-state index is 0.640. The highest BCUT2D eigenvalue weighted by atomic mass is 15.1. The third kappa shape index (κ3) is 2.32. The molecule has 0 saturated carbocycles. The number of hydrogen-bond donors (Lipinski definition) is 1. The van der Waals surface area contributed by atoms with E-state index in [-0.39, 0.29) is 0 Å². The van der Waals surface area contributed by atoms with E-state index in [0.717, 1.165) is 5.92 Å². The van der Waals surface area contributed by atoms with Gasteiger partial charge in [-0.15, -0.1) is 0 Å². The average Bonchev–Trinajstić information content (AvgIpc) is 2.29. The molecule has 0 radical (unpaired) electrons. The molecule has 1 aliphatic rings. The second-order valence-electron chi connectivity index (χ2n) is 4.53. The Morgan fingerprint density at radius 2 is 2.20 bits per heavy atom. The van der Waals surface area contributed by atoms with E-state index in [2.05, 4.69) is 36.1 Å². The second-order valence-corrected chi connectivity index (χ2v) is 4.53. The summed E-state index contributed by atoms with van der Waals surface area (Å²) in [7, 11) is 0. The molecule has 15 heavy (non-hydrogen) atoms. The smallest absolute Gasteiger partial charge is 0.0411 e. The lowest BCUT2D eigenvalue weighted by Gasteiger charge is -2.34. The Balaban J connectivity index is 2.20. The van der Waals surface area contributed by atoms with Crippen LogP contribution in [0.1, 0.15) is 25.3 Å². The highest BCUT2D eigenvalue weighted by Crippen LogP contribution is 2.25. The zero-order chi connectivity index (χ0) is 10.7. The van der Waals surface area contributed by atoms with Gasteiger partial charge in [0.05, 0.1) is 0 Å². The van der Waals surface area contributed by atoms with E-state index >= 15 is 0 Å². The Morgan fingerprint density at radius 3 is 2.93 bits per heavy atom. The zero-order valence-electron chi connectivity index (χ0n) is 9.45. The molecule has 1 aromatic carbocycles. The van der Waals surface area contributed by atoms with Crippen molar-refractivity contribution >= 4 is 5.69 Å². The summed E-state index contributed by atoms with van der Waals surface area (Å²) in [5.41, 5.74) is 8.37. The summed E-state index contributed by atoms with van der Waals surface area (Å²) in [6, 6.07) is 8.50. The number of para-hydroxylation sites is 1. The highest BCUT2D eigenvalue weighted by Gasteiger charge is 2.17. The summed E-state index contributed by atoms with van der Waals surface area (Å²) in [6.45, 7) is 5.33. The molecule has 2 rings (SSSR count). The van der Waals surface area contributed by atoms with Crippen LogP contribution >= 0.6 is 0 Å². The van der Waals surface area contributed by atoms with Crippen molar-refractivity contribution in [3.8, 4) is 0 Å². The maximum atomic E-state index is 5.77. The van der Waals surface area contributed by atoms with Gasteiger partial charge in [0.1, 0.15) is 0 Å². The van der Waals surface area contributed by atoms with Crippen LogP contribution in [0.25, 0.3) is 0 Å². The molecule has 1 heterocycles. The first kappa shape index (κ1) is 10.5. The Kier molecular flexibility index (Phi) is 3.27. The lowest BCUT2D eigenvalue weighted by atomic mass is 9.99. The van der Waals surface area contributed by atoms with Crippen LogP contribution in [-0.2, 0) is 6.54 Å². The van der Waals surface area contributed by atoms with E-state index in [9.17, 15) is 0 Å². The highest BCUT2D eigenvalue weighted by molar-refractivity contribution is 5.53. The fraction of sp³-hybridized carbons (Fsp3) is 0.538. The van der Waals surface area contributed by atoms with Gasteiger partial charge in [-0.2, -0.15) is 0 Å². The van der Waals surface area contributed by atoms with Crippen LogP contribution in [0.4, 0.5) is 5.69 Å². The lowest BCUT2D eigenvalue weighted by molar-refractivity contribution is 0.446. The van der Waals surface area contributed by atoms with Gasteiger partial charge in [-0.25, -0.2) is 0 Å². The van der Waals surface area contributed by atoms with E-state index in [4.69, 9.17) is 5.73 Å². The van der Waals surface area contributed by atoms with Gasteiger partial charge in [-0.3, -0.25) is 0 Å². The summed E-state index contributed by atoms with van der Waals surface area (Å²) >= 11 is 0. The number of piperidine rings is 1. The van der Waals surface area contributed by atoms with Gasteiger partial charge in [0.2, 0.25) is 0 Å². The zero-order valence-corrected chi connectivity index (χ0v) is 9.45. The monoisotopic (exact) mass is 204 g/mol. The third-order valence-corrected chi connectivity index (χ3v) is 3.21. The van der Waals surface area contributed by atoms with Crippen LogP contribution in [0, 0.1) is 5.92 Å². The first-order valence-corrected chi connectivity index (χ1v) is 5.84. The molecule has 1 aromatic rings. The van der Waals surface area contributed by atoms with Crippen molar-refractivity contribution in [2.24, 2.45) is 11.7 Å². The molecule has 0 aliphatic carbocycles. The van der Waals surface area contributed by atoms with Crippen molar-refractivity contribution in [1.82, 2.24) is 0 Å². The van der Waals surface area contributed by atoms with Gasteiger partial charge in [-0.1, -0.05) is 25.1 Å². The Morgan fingerprint density at radius 1 is 1.40 bits per heavy atom. The molecule has 0 bridgehead atoms. The summed E-state index contributed by atoms with van der Waals surface area (Å²) in [6.07, 6.45) is 2.67. The first-order valence-electron chi connectivity index (χ1n) is 5.84. The molecular weight excluding hydrogens is 184 g/mol. The molecule has 0 aromatic heterocycles. The van der Waals surface area contributed by atoms with Crippen LogP contribution in [-0.4, -0.2) is 13.1 Å². The number of nitrogens with zero attached hydrogens (tertiary/aromatic N) is 1. The van der Waals surface area contributed by atoms with Crippen LogP contribution in [0.2, 0.25) is 0 Å². The Labute approximate surface area is 92.1 Å². The molecule has 1 fully saturated rings. The SMILES string of the molecule is C[C@H]1CCCN(c2ccccc2CN)C1. The average molecular weight is 204 g/mol. The summed E-state index contributed by atoms with van der Waals surface area (Å²) in [5, 5.41) is 0. The van der Waals surface area contributed by atoms with Crippen molar-refractivity contribution < 1.29 is 0 Å². The van der Waals surface area contributed by atoms with Crippen LogP contribution in [0.15, 0.2) is 24.3 Å². The predicted molar refractivity (Wildman–Crippen MR) is 64.9 cm³/mol. The van der Waals surface area contributed by atoms with Gasteiger partial charge < -0.3 is 10.6 Å². The number of nitrogens with two attached hydrogens (primary N) is 1. The molecule has 1 aliphatic heterocycles. The number of benzene rings is 1. The molecule has 0 spiro atoms. The van der Waals surface area contributed by atoms with Crippen molar-refractivity contribution in [3.63, 3.8) is 0 Å². The van der Waals surface area contributed by atoms with E-state index in [1.165, 1.54) is 37.2 Å². The molecule has 1 saturated heterocycles. The normalized spacial score (nSPS) is 21.7. The maximum absolute atomic E-state index is 5.77. The first-order chi connectivity index (χ1) is 7.31. The van der Waals surface area contributed by atoms with Crippen LogP contribution in [0.5, 0.6) is 0 Å². The van der Waals surface area contributed by atoms with E-state index in [1.807, 2.05) is 0 Å². The molecule has 82 valence electrons. The van der Waals surface area contributed by atoms with E-state index in [0.29, 0.717) is 6.54 Å². The number of anilines is 1. The van der Waals surface area contributed by atoms with Crippen molar-refractivity contribution in [2.75, 3.05) is 18.0 Å². The molecule has 2 heteroatoms. The quantitative estimate of drug-likeness (QED) is 0.801. The summed E-state index contributed by atoms with van der Waals surface area (Å²) in [4.78, 5) is 2.48. The van der Waals surface area contributed by atoms with Crippen LogP contribution in [0.3, 0.4) is 0 Å². The summed E-state index contributed by atoms with van der Waals surface area (Å²) < 4.78 is 0. The van der Waals surface area contributed by atoms with E-state index < -0.39 is 0 Å². The lowest BCUT2D eigenvalue weighted by Crippen LogP contribution is -2.35. The van der Waals surface area contributed by atoms with Gasteiger partial charge >= 0.3 is 0 Å². The van der Waals surface area contributed by atoms with Crippen molar-refractivity contribution in [3.05, 3.63) is 29.8 Å². The van der Waals surface area contributed by atoms with Crippen molar-refractivity contribution in [2.45, 2.75) is 26.3 Å². The number of hydrogen-bond acceptors (Lipinski definition) is 2. The van der Waals surface area contributed by atoms with Gasteiger partial charge in [0.25, 0.3) is 0 Å². The van der Waals surface area contributed by atoms with Gasteiger partial charge in [0, 0.05) is 25.3 Å². The number of rotatable bonds is 2. The fourth-order valence-corrected chi connectivity index (χ4v) is 2.40. The molecular formula is C13H20N2. The molecule has 2 nitrogen and oxygen atoms in total. The minimum Gasteiger partial charge on any atom is -0.371 e. The fourth-order valence-electron chi connectivity index (χ4n) is 2.40. The maximum Gasteiger partial charge on any atom is 0.0411 e. The van der Waals surface area contributed by atoms with Crippen LogP contribution < -0.4 is 10.6 Å². The molecule has 2 N–H and O–H groups in total. The van der Waals surface area contributed by atoms with Gasteiger partial charge in [0.15, 0.2) is 0 Å².